The molecule has 4 nitrogen and oxygen atoms in total. The summed E-state index contributed by atoms with van der Waals surface area (Å²) in [4.78, 5) is 25.6. The zero-order chi connectivity index (χ0) is 19.1. The maximum Gasteiger partial charge on any atom is 0.302 e. The monoisotopic (exact) mass is 377 g/mol. The van der Waals surface area contributed by atoms with Gasteiger partial charge in [-0.15, -0.1) is 0 Å². The third kappa shape index (κ3) is 5.21. The van der Waals surface area contributed by atoms with Crippen LogP contribution < -0.4 is 5.32 Å². The van der Waals surface area contributed by atoms with Crippen molar-refractivity contribution in [1.29, 1.82) is 0 Å². The Morgan fingerprint density at radius 2 is 1.48 bits per heavy atom. The van der Waals surface area contributed by atoms with Crippen LogP contribution in [0, 0.1) is 0 Å². The van der Waals surface area contributed by atoms with E-state index in [4.69, 9.17) is 4.74 Å². The van der Waals surface area contributed by atoms with Gasteiger partial charge in [0.15, 0.2) is 0 Å². The Morgan fingerprint density at radius 3 is 2.22 bits per heavy atom. The zero-order valence-electron chi connectivity index (χ0n) is 14.8. The SMILES string of the molecule is CC(=O)OCc1ccccc1Sc1ccccc1C(=O)Nc1ccccc1. The first kappa shape index (κ1) is 18.7. The lowest BCUT2D eigenvalue weighted by Gasteiger charge is -2.12. The highest BCUT2D eigenvalue weighted by Gasteiger charge is 2.14. The summed E-state index contributed by atoms with van der Waals surface area (Å²) in [5.74, 6) is -0.487. The lowest BCUT2D eigenvalue weighted by molar-refractivity contribution is -0.142. The molecule has 0 aliphatic rings. The Kier molecular flexibility index (Phi) is 6.28. The van der Waals surface area contributed by atoms with Crippen LogP contribution in [0.2, 0.25) is 0 Å². The molecule has 1 amide bonds. The van der Waals surface area contributed by atoms with Crippen LogP contribution in [-0.2, 0) is 16.1 Å². The minimum atomic E-state index is -0.322. The molecule has 0 unspecified atom stereocenters. The molecule has 0 heterocycles. The van der Waals surface area contributed by atoms with Gasteiger partial charge in [-0.25, -0.2) is 0 Å². The molecule has 3 rings (SSSR count). The predicted molar refractivity (Wildman–Crippen MR) is 107 cm³/mol. The van der Waals surface area contributed by atoms with Crippen molar-refractivity contribution in [2.45, 2.75) is 23.3 Å². The molecule has 0 spiro atoms. The summed E-state index contributed by atoms with van der Waals surface area (Å²) in [5.41, 5.74) is 2.24. The molecule has 0 aromatic heterocycles. The highest BCUT2D eigenvalue weighted by Crippen LogP contribution is 2.33. The van der Waals surface area contributed by atoms with Gasteiger partial charge in [0.25, 0.3) is 5.91 Å². The van der Waals surface area contributed by atoms with Crippen molar-refractivity contribution in [1.82, 2.24) is 0 Å². The van der Waals surface area contributed by atoms with Crippen molar-refractivity contribution in [2.75, 3.05) is 5.32 Å². The van der Waals surface area contributed by atoms with Gasteiger partial charge in [0.2, 0.25) is 0 Å². The number of carbonyl (C=O) groups is 2. The van der Waals surface area contributed by atoms with Gasteiger partial charge in [0, 0.05) is 28.0 Å². The molecule has 0 bridgehead atoms. The Morgan fingerprint density at radius 1 is 0.852 bits per heavy atom. The van der Waals surface area contributed by atoms with Crippen molar-refractivity contribution in [2.24, 2.45) is 0 Å². The molecule has 0 saturated heterocycles. The largest absolute Gasteiger partial charge is 0.461 e. The summed E-state index contributed by atoms with van der Waals surface area (Å²) in [5, 5.41) is 2.92. The van der Waals surface area contributed by atoms with Gasteiger partial charge < -0.3 is 10.1 Å². The number of rotatable bonds is 6. The molecule has 0 aliphatic carbocycles. The van der Waals surface area contributed by atoms with E-state index in [9.17, 15) is 9.59 Å². The van der Waals surface area contributed by atoms with Crippen LogP contribution in [0.3, 0.4) is 0 Å². The highest BCUT2D eigenvalue weighted by molar-refractivity contribution is 7.99. The standard InChI is InChI=1S/C22H19NO3S/c1-16(24)26-15-17-9-5-7-13-20(17)27-21-14-8-6-12-19(21)22(25)23-18-10-3-2-4-11-18/h2-14H,15H2,1H3,(H,23,25). The smallest absolute Gasteiger partial charge is 0.302 e. The maximum absolute atomic E-state index is 12.7. The van der Waals surface area contributed by atoms with Gasteiger partial charge in [-0.3, -0.25) is 9.59 Å². The lowest BCUT2D eigenvalue weighted by atomic mass is 10.2. The first-order chi connectivity index (χ1) is 13.1. The third-order valence-corrected chi connectivity index (χ3v) is 4.98. The number of ether oxygens (including phenoxy) is 1. The molecule has 3 aromatic carbocycles. The fourth-order valence-electron chi connectivity index (χ4n) is 2.48. The van der Waals surface area contributed by atoms with Crippen LogP contribution in [0.4, 0.5) is 5.69 Å². The second kappa shape index (κ2) is 9.05. The van der Waals surface area contributed by atoms with E-state index in [1.165, 1.54) is 18.7 Å². The number of hydrogen-bond donors (Lipinski definition) is 1. The minimum absolute atomic E-state index is 0.165. The van der Waals surface area contributed by atoms with Gasteiger partial charge in [0.05, 0.1) is 5.56 Å². The molecule has 0 atom stereocenters. The Balaban J connectivity index is 1.83. The number of amides is 1. The van der Waals surface area contributed by atoms with Crippen LogP contribution in [-0.4, -0.2) is 11.9 Å². The zero-order valence-corrected chi connectivity index (χ0v) is 15.7. The molecule has 27 heavy (non-hydrogen) atoms. The number of benzene rings is 3. The molecule has 0 radical (unpaired) electrons. The number of carbonyl (C=O) groups excluding carboxylic acids is 2. The second-order valence-electron chi connectivity index (χ2n) is 5.81. The third-order valence-electron chi connectivity index (χ3n) is 3.79. The van der Waals surface area contributed by atoms with E-state index in [0.717, 1.165) is 21.0 Å². The molecule has 0 aliphatic heterocycles. The highest BCUT2D eigenvalue weighted by atomic mass is 32.2. The summed E-state index contributed by atoms with van der Waals surface area (Å²) in [6, 6.07) is 24.5. The van der Waals surface area contributed by atoms with Crippen LogP contribution in [0.1, 0.15) is 22.8 Å². The van der Waals surface area contributed by atoms with Crippen molar-refractivity contribution in [3.05, 3.63) is 90.0 Å². The van der Waals surface area contributed by atoms with Crippen LogP contribution >= 0.6 is 11.8 Å². The average Bonchev–Trinajstić information content (AvgIpc) is 2.68. The van der Waals surface area contributed by atoms with E-state index in [-0.39, 0.29) is 18.5 Å². The van der Waals surface area contributed by atoms with Gasteiger partial charge >= 0.3 is 5.97 Å². The Bertz CT molecular complexity index is 941. The molecule has 1 N–H and O–H groups in total. The molecule has 5 heteroatoms. The van der Waals surface area contributed by atoms with Gasteiger partial charge in [0.1, 0.15) is 6.61 Å². The Hall–Kier alpha value is -3.05. The fraction of sp³-hybridized carbons (Fsp3) is 0.0909. The van der Waals surface area contributed by atoms with Crippen LogP contribution in [0.15, 0.2) is 88.7 Å². The van der Waals surface area contributed by atoms with E-state index in [2.05, 4.69) is 5.32 Å². The molecular formula is C22H19NO3S. The van der Waals surface area contributed by atoms with E-state index in [0.29, 0.717) is 5.56 Å². The van der Waals surface area contributed by atoms with Crippen molar-refractivity contribution in [3.8, 4) is 0 Å². The van der Waals surface area contributed by atoms with Crippen molar-refractivity contribution >= 4 is 29.3 Å². The number of anilines is 1. The van der Waals surface area contributed by atoms with Gasteiger partial charge in [-0.05, 0) is 30.3 Å². The minimum Gasteiger partial charge on any atom is -0.461 e. The summed E-state index contributed by atoms with van der Waals surface area (Å²) >= 11 is 1.48. The van der Waals surface area contributed by atoms with Crippen LogP contribution in [0.5, 0.6) is 0 Å². The summed E-state index contributed by atoms with van der Waals surface area (Å²) < 4.78 is 5.13. The van der Waals surface area contributed by atoms with Gasteiger partial charge in [-0.1, -0.05) is 60.3 Å². The molecular weight excluding hydrogens is 358 g/mol. The molecule has 0 fully saturated rings. The second-order valence-corrected chi connectivity index (χ2v) is 6.89. The number of hydrogen-bond acceptors (Lipinski definition) is 4. The summed E-state index contributed by atoms with van der Waals surface area (Å²) in [7, 11) is 0. The fourth-order valence-corrected chi connectivity index (χ4v) is 3.54. The first-order valence-corrected chi connectivity index (χ1v) is 9.29. The average molecular weight is 377 g/mol. The van der Waals surface area contributed by atoms with Crippen molar-refractivity contribution in [3.63, 3.8) is 0 Å². The quantitative estimate of drug-likeness (QED) is 0.603. The van der Waals surface area contributed by atoms with E-state index >= 15 is 0 Å². The molecule has 0 saturated carbocycles. The first-order valence-electron chi connectivity index (χ1n) is 8.48. The number of nitrogens with one attached hydrogen (secondary N) is 1. The molecule has 136 valence electrons. The Labute approximate surface area is 162 Å². The molecule has 3 aromatic rings. The van der Waals surface area contributed by atoms with E-state index in [1.54, 1.807) is 6.07 Å². The van der Waals surface area contributed by atoms with E-state index in [1.807, 2.05) is 72.8 Å². The topological polar surface area (TPSA) is 55.4 Å². The summed E-state index contributed by atoms with van der Waals surface area (Å²) in [6.45, 7) is 1.59. The van der Waals surface area contributed by atoms with Gasteiger partial charge in [-0.2, -0.15) is 0 Å². The lowest BCUT2D eigenvalue weighted by Crippen LogP contribution is -2.12. The maximum atomic E-state index is 12.7. The normalized spacial score (nSPS) is 10.3. The number of esters is 1. The predicted octanol–water partition coefficient (Wildman–Crippen LogP) is 5.15. The summed E-state index contributed by atoms with van der Waals surface area (Å²) in [6.07, 6.45) is 0. The van der Waals surface area contributed by atoms with E-state index < -0.39 is 0 Å². The van der Waals surface area contributed by atoms with Crippen molar-refractivity contribution < 1.29 is 14.3 Å². The number of para-hydroxylation sites is 1. The van der Waals surface area contributed by atoms with Crippen LogP contribution in [0.25, 0.3) is 0 Å².